The first-order valence-corrected chi connectivity index (χ1v) is 7.36. The number of oxime groups is 2. The van der Waals surface area contributed by atoms with Crippen molar-refractivity contribution in [3.63, 3.8) is 0 Å². The van der Waals surface area contributed by atoms with Crippen molar-refractivity contribution in [2.24, 2.45) is 10.3 Å². The smallest absolute Gasteiger partial charge is 0.323 e. The fraction of sp³-hybridized carbons (Fsp3) is 0.200. The molecule has 2 heterocycles. The molecule has 0 atom stereocenters. The molecule has 0 unspecified atom stereocenters. The van der Waals surface area contributed by atoms with Crippen LogP contribution in [0.1, 0.15) is 5.56 Å². The van der Waals surface area contributed by atoms with Gasteiger partial charge in [-0.1, -0.05) is 28.9 Å². The lowest BCUT2D eigenvalue weighted by Gasteiger charge is -2.16. The number of para-hydroxylation sites is 1. The van der Waals surface area contributed by atoms with Crippen LogP contribution in [0.5, 0.6) is 11.8 Å². The molecule has 1 aromatic carbocycles. The van der Waals surface area contributed by atoms with Gasteiger partial charge < -0.3 is 19.1 Å². The number of ether oxygens (including phenoxy) is 2. The molecule has 3 rings (SSSR count). The average molecular weight is 349 g/mol. The van der Waals surface area contributed by atoms with Crippen LogP contribution >= 0.6 is 11.6 Å². The Morgan fingerprint density at radius 1 is 1.25 bits per heavy atom. The number of nitrogens with zero attached hydrogens (tertiary/aromatic N) is 4. The number of benzene rings is 1. The Balaban J connectivity index is 1.97. The third kappa shape index (κ3) is 3.72. The van der Waals surface area contributed by atoms with E-state index >= 15 is 0 Å². The summed E-state index contributed by atoms with van der Waals surface area (Å²) in [5.41, 5.74) is 0.905. The SMILES string of the molecule is CON=C(C1=NOCCO1)c1ccccc1Oc1nccc(Cl)n1. The standard InChI is InChI=1S/C15H13ClN4O4/c1-21-19-13(14-20-23-9-8-22-14)10-4-2-3-5-11(10)24-15-17-7-6-12(16)18-15/h2-7H,8-9H2,1H3. The highest BCUT2D eigenvalue weighted by molar-refractivity contribution is 6.45. The lowest BCUT2D eigenvalue weighted by molar-refractivity contribution is 0.0672. The zero-order valence-corrected chi connectivity index (χ0v) is 13.4. The molecular formula is C15H13ClN4O4. The van der Waals surface area contributed by atoms with E-state index in [1.807, 2.05) is 6.07 Å². The monoisotopic (exact) mass is 348 g/mol. The van der Waals surface area contributed by atoms with Crippen LogP contribution in [0, 0.1) is 0 Å². The molecule has 1 aromatic heterocycles. The van der Waals surface area contributed by atoms with Crippen LogP contribution in [0.3, 0.4) is 0 Å². The molecule has 0 amide bonds. The molecule has 0 bridgehead atoms. The first kappa shape index (κ1) is 16.0. The van der Waals surface area contributed by atoms with Crippen LogP contribution in [0.2, 0.25) is 5.15 Å². The van der Waals surface area contributed by atoms with Crippen molar-refractivity contribution in [2.75, 3.05) is 20.3 Å². The molecule has 9 heteroatoms. The fourth-order valence-corrected chi connectivity index (χ4v) is 2.06. The molecule has 0 fully saturated rings. The molecular weight excluding hydrogens is 336 g/mol. The van der Waals surface area contributed by atoms with E-state index in [9.17, 15) is 0 Å². The van der Waals surface area contributed by atoms with Gasteiger partial charge in [0.15, 0.2) is 12.3 Å². The van der Waals surface area contributed by atoms with Crippen LogP contribution in [-0.4, -0.2) is 41.9 Å². The average Bonchev–Trinajstić information content (AvgIpc) is 2.61. The van der Waals surface area contributed by atoms with E-state index in [2.05, 4.69) is 20.3 Å². The van der Waals surface area contributed by atoms with Crippen molar-refractivity contribution < 1.29 is 19.1 Å². The molecule has 1 aliphatic heterocycles. The maximum Gasteiger partial charge on any atom is 0.323 e. The third-order valence-corrected chi connectivity index (χ3v) is 3.10. The molecule has 0 radical (unpaired) electrons. The minimum atomic E-state index is 0.106. The quantitative estimate of drug-likeness (QED) is 0.469. The Bertz CT molecular complexity index is 782. The second-order valence-corrected chi connectivity index (χ2v) is 4.85. The normalized spacial score (nSPS) is 14.2. The number of hydrogen-bond donors (Lipinski definition) is 0. The maximum atomic E-state index is 5.85. The highest BCUT2D eigenvalue weighted by atomic mass is 35.5. The number of aromatic nitrogens is 2. The summed E-state index contributed by atoms with van der Waals surface area (Å²) in [7, 11) is 1.42. The first-order valence-electron chi connectivity index (χ1n) is 6.98. The molecule has 24 heavy (non-hydrogen) atoms. The van der Waals surface area contributed by atoms with Gasteiger partial charge in [0.1, 0.15) is 24.6 Å². The van der Waals surface area contributed by atoms with Gasteiger partial charge in [-0.05, 0) is 23.4 Å². The molecule has 0 spiro atoms. The zero-order chi connectivity index (χ0) is 16.8. The second-order valence-electron chi connectivity index (χ2n) is 4.46. The molecule has 0 N–H and O–H groups in total. The summed E-state index contributed by atoms with van der Waals surface area (Å²) in [5, 5.41) is 8.11. The van der Waals surface area contributed by atoms with E-state index in [-0.39, 0.29) is 17.1 Å². The zero-order valence-electron chi connectivity index (χ0n) is 12.7. The summed E-state index contributed by atoms with van der Waals surface area (Å²) in [6.07, 6.45) is 1.50. The molecule has 2 aromatic rings. The Labute approximate surface area is 142 Å². The third-order valence-electron chi connectivity index (χ3n) is 2.89. The fourth-order valence-electron chi connectivity index (χ4n) is 1.93. The lowest BCUT2D eigenvalue weighted by atomic mass is 10.1. The minimum Gasteiger partial charge on any atom is -0.470 e. The maximum absolute atomic E-state index is 5.85. The van der Waals surface area contributed by atoms with Crippen molar-refractivity contribution in [2.45, 2.75) is 0 Å². The van der Waals surface area contributed by atoms with E-state index in [0.29, 0.717) is 30.2 Å². The summed E-state index contributed by atoms with van der Waals surface area (Å²) in [6, 6.07) is 8.78. The summed E-state index contributed by atoms with van der Waals surface area (Å²) in [5.74, 6) is 0.638. The van der Waals surface area contributed by atoms with Crippen LogP contribution in [0.15, 0.2) is 46.8 Å². The van der Waals surface area contributed by atoms with Gasteiger partial charge in [0.25, 0.3) is 5.90 Å². The molecule has 124 valence electrons. The summed E-state index contributed by atoms with van der Waals surface area (Å²) < 4.78 is 11.2. The summed E-state index contributed by atoms with van der Waals surface area (Å²) in [6.45, 7) is 0.736. The number of halogens is 1. The molecule has 0 aliphatic carbocycles. The van der Waals surface area contributed by atoms with Crippen molar-refractivity contribution >= 4 is 23.2 Å². The predicted octanol–water partition coefficient (Wildman–Crippen LogP) is 2.63. The largest absolute Gasteiger partial charge is 0.470 e. The van der Waals surface area contributed by atoms with Crippen LogP contribution in [-0.2, 0) is 14.4 Å². The highest BCUT2D eigenvalue weighted by Crippen LogP contribution is 2.25. The lowest BCUT2D eigenvalue weighted by Crippen LogP contribution is -2.25. The van der Waals surface area contributed by atoms with E-state index < -0.39 is 0 Å². The van der Waals surface area contributed by atoms with E-state index in [0.717, 1.165) is 0 Å². The van der Waals surface area contributed by atoms with E-state index in [1.54, 1.807) is 24.3 Å². The summed E-state index contributed by atoms with van der Waals surface area (Å²) in [4.78, 5) is 18.0. The van der Waals surface area contributed by atoms with Gasteiger partial charge in [0.05, 0.1) is 5.56 Å². The van der Waals surface area contributed by atoms with Gasteiger partial charge in [0.2, 0.25) is 0 Å². The number of hydrogen-bond acceptors (Lipinski definition) is 8. The van der Waals surface area contributed by atoms with Gasteiger partial charge in [0, 0.05) is 6.20 Å². The molecule has 8 nitrogen and oxygen atoms in total. The van der Waals surface area contributed by atoms with Crippen molar-refractivity contribution in [1.29, 1.82) is 0 Å². The van der Waals surface area contributed by atoms with Crippen LogP contribution in [0.25, 0.3) is 0 Å². The van der Waals surface area contributed by atoms with E-state index in [4.69, 9.17) is 30.7 Å². The van der Waals surface area contributed by atoms with Crippen LogP contribution in [0.4, 0.5) is 0 Å². The van der Waals surface area contributed by atoms with Crippen molar-refractivity contribution in [3.8, 4) is 11.8 Å². The Kier molecular flexibility index (Phi) is 5.07. The Morgan fingerprint density at radius 2 is 2.12 bits per heavy atom. The highest BCUT2D eigenvalue weighted by Gasteiger charge is 2.22. The Hall–Kier alpha value is -2.87. The van der Waals surface area contributed by atoms with Gasteiger partial charge in [-0.2, -0.15) is 4.98 Å². The summed E-state index contributed by atoms with van der Waals surface area (Å²) >= 11 is 5.85. The molecule has 0 saturated carbocycles. The molecule has 1 aliphatic rings. The topological polar surface area (TPSA) is 87.4 Å². The predicted molar refractivity (Wildman–Crippen MR) is 86.4 cm³/mol. The van der Waals surface area contributed by atoms with E-state index in [1.165, 1.54) is 13.3 Å². The van der Waals surface area contributed by atoms with Gasteiger partial charge in [-0.3, -0.25) is 0 Å². The van der Waals surface area contributed by atoms with Crippen LogP contribution < -0.4 is 4.74 Å². The first-order chi connectivity index (χ1) is 11.8. The van der Waals surface area contributed by atoms with Gasteiger partial charge in [-0.15, -0.1) is 0 Å². The van der Waals surface area contributed by atoms with Crippen molar-refractivity contribution in [3.05, 3.63) is 47.2 Å². The van der Waals surface area contributed by atoms with Crippen molar-refractivity contribution in [1.82, 2.24) is 9.97 Å². The Morgan fingerprint density at radius 3 is 2.88 bits per heavy atom. The minimum absolute atomic E-state index is 0.106. The molecule has 0 saturated heterocycles. The second kappa shape index (κ2) is 7.60. The number of rotatable bonds is 5. The van der Waals surface area contributed by atoms with Gasteiger partial charge >= 0.3 is 6.01 Å². The van der Waals surface area contributed by atoms with Gasteiger partial charge in [-0.25, -0.2) is 4.98 Å².